The zero-order valence-corrected chi connectivity index (χ0v) is 11.0. The van der Waals surface area contributed by atoms with Crippen LogP contribution in [0.2, 0.25) is 0 Å². The van der Waals surface area contributed by atoms with Crippen molar-refractivity contribution in [2.75, 3.05) is 19.6 Å². The van der Waals surface area contributed by atoms with Crippen LogP contribution in [-0.2, 0) is 12.7 Å². The molecule has 1 aromatic carbocycles. The highest BCUT2D eigenvalue weighted by atomic mass is 19.4. The highest BCUT2D eigenvalue weighted by Gasteiger charge is 2.30. The van der Waals surface area contributed by atoms with Gasteiger partial charge in [-0.2, -0.15) is 13.2 Å². The van der Waals surface area contributed by atoms with Crippen LogP contribution in [0.25, 0.3) is 0 Å². The zero-order chi connectivity index (χ0) is 13.9. The van der Waals surface area contributed by atoms with Crippen LogP contribution in [0.5, 0.6) is 0 Å². The fraction of sp³-hybridized carbons (Fsp3) is 0.571. The van der Waals surface area contributed by atoms with Crippen LogP contribution in [0.1, 0.15) is 24.5 Å². The predicted molar refractivity (Wildman–Crippen MR) is 68.8 cm³/mol. The molecule has 0 bridgehead atoms. The number of benzene rings is 1. The van der Waals surface area contributed by atoms with Crippen LogP contribution in [0, 0.1) is 0 Å². The first-order valence-corrected chi connectivity index (χ1v) is 6.57. The molecule has 0 radical (unpaired) electrons. The fourth-order valence-electron chi connectivity index (χ4n) is 2.44. The van der Waals surface area contributed by atoms with Gasteiger partial charge in [0, 0.05) is 19.1 Å². The third-order valence-electron chi connectivity index (χ3n) is 3.34. The van der Waals surface area contributed by atoms with Crippen LogP contribution >= 0.6 is 0 Å². The van der Waals surface area contributed by atoms with E-state index < -0.39 is 11.7 Å². The standard InChI is InChI=1S/C14H19F3N2/c1-11-9-19(7-3-6-18-11)10-12-4-2-5-13(8-12)14(15,16)17/h2,4-5,8,11,18H,3,6-7,9-10H2,1H3. The number of nitrogens with one attached hydrogen (secondary N) is 1. The number of alkyl halides is 3. The second-order valence-corrected chi connectivity index (χ2v) is 5.14. The average Bonchev–Trinajstić information content (AvgIpc) is 2.53. The SMILES string of the molecule is CC1CN(Cc2cccc(C(F)(F)F)c2)CCCN1. The number of nitrogens with zero attached hydrogens (tertiary/aromatic N) is 1. The molecular weight excluding hydrogens is 253 g/mol. The third-order valence-corrected chi connectivity index (χ3v) is 3.34. The summed E-state index contributed by atoms with van der Waals surface area (Å²) in [6.07, 6.45) is -3.23. The molecule has 1 atom stereocenters. The van der Waals surface area contributed by atoms with Crippen molar-refractivity contribution in [3.8, 4) is 0 Å². The Morgan fingerprint density at radius 3 is 2.89 bits per heavy atom. The van der Waals surface area contributed by atoms with Crippen molar-refractivity contribution in [2.24, 2.45) is 0 Å². The lowest BCUT2D eigenvalue weighted by molar-refractivity contribution is -0.137. The summed E-state index contributed by atoms with van der Waals surface area (Å²) < 4.78 is 37.9. The van der Waals surface area contributed by atoms with Crippen LogP contribution in [0.3, 0.4) is 0 Å². The minimum Gasteiger partial charge on any atom is -0.313 e. The maximum atomic E-state index is 12.6. The van der Waals surface area contributed by atoms with Gasteiger partial charge >= 0.3 is 6.18 Å². The first kappa shape index (κ1) is 14.3. The second kappa shape index (κ2) is 5.92. The van der Waals surface area contributed by atoms with Crippen LogP contribution < -0.4 is 5.32 Å². The molecule has 2 nitrogen and oxygen atoms in total. The second-order valence-electron chi connectivity index (χ2n) is 5.14. The highest BCUT2D eigenvalue weighted by molar-refractivity contribution is 5.25. The Morgan fingerprint density at radius 2 is 2.16 bits per heavy atom. The van der Waals surface area contributed by atoms with Gasteiger partial charge in [0.05, 0.1) is 5.56 Å². The molecule has 1 N–H and O–H groups in total. The summed E-state index contributed by atoms with van der Waals surface area (Å²) in [7, 11) is 0. The number of halogens is 3. The molecular formula is C14H19F3N2. The van der Waals surface area contributed by atoms with Crippen molar-refractivity contribution >= 4 is 0 Å². The van der Waals surface area contributed by atoms with Gasteiger partial charge in [0.1, 0.15) is 0 Å². The molecule has 5 heteroatoms. The van der Waals surface area contributed by atoms with Crippen molar-refractivity contribution < 1.29 is 13.2 Å². The van der Waals surface area contributed by atoms with Gasteiger partial charge in [0.2, 0.25) is 0 Å². The summed E-state index contributed by atoms with van der Waals surface area (Å²) in [6.45, 7) is 5.45. The molecule has 1 heterocycles. The van der Waals surface area contributed by atoms with Crippen molar-refractivity contribution in [3.05, 3.63) is 35.4 Å². The van der Waals surface area contributed by atoms with E-state index in [0.29, 0.717) is 12.6 Å². The molecule has 0 amide bonds. The molecule has 1 fully saturated rings. The van der Waals surface area contributed by atoms with E-state index >= 15 is 0 Å². The molecule has 0 aliphatic carbocycles. The van der Waals surface area contributed by atoms with Gasteiger partial charge in [-0.15, -0.1) is 0 Å². The number of hydrogen-bond acceptors (Lipinski definition) is 2. The Morgan fingerprint density at radius 1 is 1.37 bits per heavy atom. The zero-order valence-electron chi connectivity index (χ0n) is 11.0. The maximum Gasteiger partial charge on any atom is 0.416 e. The largest absolute Gasteiger partial charge is 0.416 e. The lowest BCUT2D eigenvalue weighted by Gasteiger charge is -2.22. The van der Waals surface area contributed by atoms with Crippen molar-refractivity contribution in [1.29, 1.82) is 0 Å². The first-order chi connectivity index (χ1) is 8.95. The van der Waals surface area contributed by atoms with E-state index in [-0.39, 0.29) is 0 Å². The van der Waals surface area contributed by atoms with E-state index in [4.69, 9.17) is 0 Å². The van der Waals surface area contributed by atoms with E-state index in [9.17, 15) is 13.2 Å². The first-order valence-electron chi connectivity index (χ1n) is 6.57. The third kappa shape index (κ3) is 4.21. The molecule has 1 unspecified atom stereocenters. The quantitative estimate of drug-likeness (QED) is 0.890. The molecule has 106 valence electrons. The Balaban J connectivity index is 2.06. The summed E-state index contributed by atoms with van der Waals surface area (Å²) in [5.74, 6) is 0. The molecule has 0 spiro atoms. The number of hydrogen-bond donors (Lipinski definition) is 1. The molecule has 0 aromatic heterocycles. The van der Waals surface area contributed by atoms with Gasteiger partial charge in [0.25, 0.3) is 0 Å². The monoisotopic (exact) mass is 272 g/mol. The molecule has 1 aliphatic rings. The fourth-order valence-corrected chi connectivity index (χ4v) is 2.44. The lowest BCUT2D eigenvalue weighted by atomic mass is 10.1. The van der Waals surface area contributed by atoms with Gasteiger partial charge in [-0.1, -0.05) is 18.2 Å². The summed E-state index contributed by atoms with van der Waals surface area (Å²) in [6, 6.07) is 6.00. The van der Waals surface area contributed by atoms with Gasteiger partial charge in [-0.3, -0.25) is 4.90 Å². The van der Waals surface area contributed by atoms with E-state index in [0.717, 1.165) is 37.7 Å². The summed E-state index contributed by atoms with van der Waals surface area (Å²) in [5.41, 5.74) is 0.162. The Hall–Kier alpha value is -1.07. The van der Waals surface area contributed by atoms with Gasteiger partial charge in [0.15, 0.2) is 0 Å². The van der Waals surface area contributed by atoms with E-state index in [1.807, 2.05) is 0 Å². The summed E-state index contributed by atoms with van der Waals surface area (Å²) >= 11 is 0. The molecule has 1 aliphatic heterocycles. The Bertz CT molecular complexity index is 417. The lowest BCUT2D eigenvalue weighted by Crippen LogP contribution is -2.34. The van der Waals surface area contributed by atoms with Crippen molar-refractivity contribution in [3.63, 3.8) is 0 Å². The van der Waals surface area contributed by atoms with E-state index in [1.54, 1.807) is 6.07 Å². The molecule has 0 saturated carbocycles. The van der Waals surface area contributed by atoms with E-state index in [1.165, 1.54) is 12.1 Å². The normalized spacial score (nSPS) is 22.2. The molecule has 1 aromatic rings. The minimum atomic E-state index is -4.26. The number of rotatable bonds is 2. The highest BCUT2D eigenvalue weighted by Crippen LogP contribution is 2.29. The van der Waals surface area contributed by atoms with Crippen molar-refractivity contribution in [1.82, 2.24) is 10.2 Å². The predicted octanol–water partition coefficient (Wildman–Crippen LogP) is 2.89. The topological polar surface area (TPSA) is 15.3 Å². The summed E-state index contributed by atoms with van der Waals surface area (Å²) in [4.78, 5) is 2.21. The molecule has 19 heavy (non-hydrogen) atoms. The van der Waals surface area contributed by atoms with Gasteiger partial charge < -0.3 is 5.32 Å². The smallest absolute Gasteiger partial charge is 0.313 e. The molecule has 1 saturated heterocycles. The van der Waals surface area contributed by atoms with E-state index in [2.05, 4.69) is 17.1 Å². The van der Waals surface area contributed by atoms with Gasteiger partial charge in [-0.25, -0.2) is 0 Å². The Labute approximate surface area is 111 Å². The van der Waals surface area contributed by atoms with Crippen molar-refractivity contribution in [2.45, 2.75) is 32.1 Å². The maximum absolute atomic E-state index is 12.6. The van der Waals surface area contributed by atoms with Crippen LogP contribution in [0.4, 0.5) is 13.2 Å². The summed E-state index contributed by atoms with van der Waals surface area (Å²) in [5, 5.41) is 3.37. The molecule has 2 rings (SSSR count). The van der Waals surface area contributed by atoms with Crippen LogP contribution in [0.15, 0.2) is 24.3 Å². The Kier molecular flexibility index (Phi) is 4.47. The minimum absolute atomic E-state index is 0.383. The average molecular weight is 272 g/mol. The van der Waals surface area contributed by atoms with Crippen LogP contribution in [-0.4, -0.2) is 30.6 Å². The van der Waals surface area contributed by atoms with Gasteiger partial charge in [-0.05, 0) is 38.1 Å².